The van der Waals surface area contributed by atoms with Crippen molar-refractivity contribution in [2.75, 3.05) is 17.3 Å². The molecule has 1 aromatic heterocycles. The summed E-state index contributed by atoms with van der Waals surface area (Å²) in [4.78, 5) is 40.1. The van der Waals surface area contributed by atoms with Crippen LogP contribution in [0.4, 0.5) is 5.69 Å². The van der Waals surface area contributed by atoms with Gasteiger partial charge in [-0.05, 0) is 54.8 Å². The molecule has 0 saturated heterocycles. The third-order valence-corrected chi connectivity index (χ3v) is 4.50. The van der Waals surface area contributed by atoms with E-state index in [4.69, 9.17) is 17.3 Å². The van der Waals surface area contributed by atoms with Gasteiger partial charge in [0.15, 0.2) is 0 Å². The molecule has 0 radical (unpaired) electrons. The van der Waals surface area contributed by atoms with Crippen molar-refractivity contribution in [3.05, 3.63) is 58.9 Å². The predicted molar refractivity (Wildman–Crippen MR) is 107 cm³/mol. The molecule has 2 rings (SSSR count). The zero-order valence-corrected chi connectivity index (χ0v) is 16.1. The summed E-state index contributed by atoms with van der Waals surface area (Å²) in [6, 6.07) is 8.43. The molecule has 1 atom stereocenters. The first-order valence-corrected chi connectivity index (χ1v) is 9.80. The average molecular weight is 407 g/mol. The minimum absolute atomic E-state index is 0.135. The highest BCUT2D eigenvalue weighted by Gasteiger charge is 2.22. The highest BCUT2D eigenvalue weighted by atomic mass is 35.5. The number of rotatable bonds is 8. The van der Waals surface area contributed by atoms with Gasteiger partial charge in [0.25, 0.3) is 5.91 Å². The van der Waals surface area contributed by atoms with Crippen molar-refractivity contribution in [3.63, 3.8) is 0 Å². The lowest BCUT2D eigenvalue weighted by Crippen LogP contribution is -2.44. The number of hydrogen-bond donors (Lipinski definition) is 3. The number of carbonyl (C=O) groups is 3. The molecule has 0 aliphatic heterocycles. The molecule has 1 heterocycles. The van der Waals surface area contributed by atoms with Crippen LogP contribution in [0.15, 0.2) is 42.6 Å². The standard InChI is InChI=1S/C18H19ClN4O3S/c1-27-9-7-14(23-18(26)15-10-12(19)6-8-21-15)17(25)22-13-4-2-11(3-5-13)16(20)24/h2-6,8,10,14H,7,9H2,1H3,(H2,20,24)(H,22,25)(H,23,26)/t14-/m1/s1. The van der Waals surface area contributed by atoms with Gasteiger partial charge in [0, 0.05) is 22.5 Å². The fourth-order valence-electron chi connectivity index (χ4n) is 2.21. The van der Waals surface area contributed by atoms with Gasteiger partial charge in [-0.25, -0.2) is 0 Å². The van der Waals surface area contributed by atoms with Crippen LogP contribution in [0.2, 0.25) is 5.02 Å². The Hall–Kier alpha value is -2.58. The first-order valence-electron chi connectivity index (χ1n) is 8.03. The van der Waals surface area contributed by atoms with E-state index in [2.05, 4.69) is 15.6 Å². The number of nitrogens with one attached hydrogen (secondary N) is 2. The van der Waals surface area contributed by atoms with Crippen LogP contribution in [-0.4, -0.2) is 40.8 Å². The van der Waals surface area contributed by atoms with Crippen LogP contribution in [0.3, 0.4) is 0 Å². The molecule has 9 heteroatoms. The van der Waals surface area contributed by atoms with Crippen LogP contribution in [0, 0.1) is 0 Å². The number of carbonyl (C=O) groups excluding carboxylic acids is 3. The fourth-order valence-corrected chi connectivity index (χ4v) is 2.84. The second-order valence-corrected chi connectivity index (χ2v) is 7.02. The van der Waals surface area contributed by atoms with E-state index in [9.17, 15) is 14.4 Å². The lowest BCUT2D eigenvalue weighted by Gasteiger charge is -2.18. The van der Waals surface area contributed by atoms with Gasteiger partial charge in [-0.15, -0.1) is 0 Å². The maximum atomic E-state index is 12.6. The quantitative estimate of drug-likeness (QED) is 0.622. The maximum Gasteiger partial charge on any atom is 0.270 e. The third kappa shape index (κ3) is 6.26. The van der Waals surface area contributed by atoms with E-state index in [1.54, 1.807) is 30.0 Å². The summed E-state index contributed by atoms with van der Waals surface area (Å²) in [5.41, 5.74) is 6.17. The lowest BCUT2D eigenvalue weighted by molar-refractivity contribution is -0.118. The third-order valence-electron chi connectivity index (χ3n) is 3.62. The molecule has 0 unspecified atom stereocenters. The van der Waals surface area contributed by atoms with E-state index < -0.39 is 17.9 Å². The van der Waals surface area contributed by atoms with Gasteiger partial charge in [0.05, 0.1) is 0 Å². The smallest absolute Gasteiger partial charge is 0.270 e. The molecular formula is C18H19ClN4O3S. The number of nitrogens with two attached hydrogens (primary N) is 1. The number of aromatic nitrogens is 1. The van der Waals surface area contributed by atoms with E-state index >= 15 is 0 Å². The van der Waals surface area contributed by atoms with Crippen LogP contribution in [0.25, 0.3) is 0 Å². The van der Waals surface area contributed by atoms with Crippen LogP contribution in [0.5, 0.6) is 0 Å². The number of pyridine rings is 1. The van der Waals surface area contributed by atoms with E-state index in [1.807, 2.05) is 6.26 Å². The molecule has 4 N–H and O–H groups in total. The Labute approximate surface area is 166 Å². The van der Waals surface area contributed by atoms with Crippen molar-refractivity contribution in [2.45, 2.75) is 12.5 Å². The van der Waals surface area contributed by atoms with Crippen molar-refractivity contribution in [2.24, 2.45) is 5.73 Å². The molecular weight excluding hydrogens is 388 g/mol. The molecule has 7 nitrogen and oxygen atoms in total. The topological polar surface area (TPSA) is 114 Å². The Morgan fingerprint density at radius 3 is 2.52 bits per heavy atom. The molecule has 27 heavy (non-hydrogen) atoms. The van der Waals surface area contributed by atoms with Gasteiger partial charge in [-0.1, -0.05) is 11.6 Å². The van der Waals surface area contributed by atoms with Crippen LogP contribution < -0.4 is 16.4 Å². The summed E-state index contributed by atoms with van der Waals surface area (Å²) >= 11 is 7.44. The summed E-state index contributed by atoms with van der Waals surface area (Å²) in [6.45, 7) is 0. The zero-order chi connectivity index (χ0) is 19.8. The zero-order valence-electron chi connectivity index (χ0n) is 14.6. The molecule has 0 fully saturated rings. The Kier molecular flexibility index (Phi) is 7.63. The normalized spacial score (nSPS) is 11.5. The Bertz CT molecular complexity index is 830. The molecule has 1 aromatic carbocycles. The highest BCUT2D eigenvalue weighted by Crippen LogP contribution is 2.12. The Morgan fingerprint density at radius 2 is 1.93 bits per heavy atom. The number of hydrogen-bond acceptors (Lipinski definition) is 5. The largest absolute Gasteiger partial charge is 0.366 e. The molecule has 0 aliphatic carbocycles. The molecule has 0 bridgehead atoms. The molecule has 2 aromatic rings. The molecule has 3 amide bonds. The van der Waals surface area contributed by atoms with E-state index in [-0.39, 0.29) is 11.6 Å². The molecule has 142 valence electrons. The van der Waals surface area contributed by atoms with Crippen LogP contribution in [-0.2, 0) is 4.79 Å². The summed E-state index contributed by atoms with van der Waals surface area (Å²) in [6.07, 6.45) is 3.78. The molecule has 0 aliphatic rings. The highest BCUT2D eigenvalue weighted by molar-refractivity contribution is 7.98. The second-order valence-electron chi connectivity index (χ2n) is 5.60. The SMILES string of the molecule is CSCC[C@@H](NC(=O)c1cc(Cl)ccn1)C(=O)Nc1ccc(C(N)=O)cc1. The number of amides is 3. The van der Waals surface area contributed by atoms with Gasteiger partial charge in [0.1, 0.15) is 11.7 Å². The first kappa shape index (κ1) is 20.7. The Balaban J connectivity index is 2.08. The second kappa shape index (κ2) is 9.94. The van der Waals surface area contributed by atoms with Crippen molar-refractivity contribution < 1.29 is 14.4 Å². The lowest BCUT2D eigenvalue weighted by atomic mass is 10.1. The predicted octanol–water partition coefficient (Wildman–Crippen LogP) is 2.32. The van der Waals surface area contributed by atoms with Crippen molar-refractivity contribution in [1.82, 2.24) is 10.3 Å². The van der Waals surface area contributed by atoms with Gasteiger partial charge in [-0.2, -0.15) is 11.8 Å². The number of thioether (sulfide) groups is 1. The minimum atomic E-state index is -0.749. The molecule has 0 spiro atoms. The van der Waals surface area contributed by atoms with Crippen LogP contribution >= 0.6 is 23.4 Å². The van der Waals surface area contributed by atoms with E-state index in [0.29, 0.717) is 28.4 Å². The van der Waals surface area contributed by atoms with Gasteiger partial charge in [-0.3, -0.25) is 19.4 Å². The maximum absolute atomic E-state index is 12.6. The van der Waals surface area contributed by atoms with Gasteiger partial charge >= 0.3 is 0 Å². The van der Waals surface area contributed by atoms with Crippen LogP contribution in [0.1, 0.15) is 27.3 Å². The number of anilines is 1. The molecule has 0 saturated carbocycles. The summed E-state index contributed by atoms with van der Waals surface area (Å²) in [5, 5.41) is 5.79. The fraction of sp³-hybridized carbons (Fsp3) is 0.222. The number of benzene rings is 1. The van der Waals surface area contributed by atoms with E-state index in [0.717, 1.165) is 0 Å². The van der Waals surface area contributed by atoms with Gasteiger partial charge in [0.2, 0.25) is 11.8 Å². The number of halogens is 1. The van der Waals surface area contributed by atoms with Gasteiger partial charge < -0.3 is 16.4 Å². The minimum Gasteiger partial charge on any atom is -0.366 e. The summed E-state index contributed by atoms with van der Waals surface area (Å²) in [7, 11) is 0. The Morgan fingerprint density at radius 1 is 1.22 bits per heavy atom. The summed E-state index contributed by atoms with van der Waals surface area (Å²) in [5.74, 6) is -0.719. The monoisotopic (exact) mass is 406 g/mol. The van der Waals surface area contributed by atoms with Crippen molar-refractivity contribution in [3.8, 4) is 0 Å². The summed E-state index contributed by atoms with van der Waals surface area (Å²) < 4.78 is 0. The van der Waals surface area contributed by atoms with E-state index in [1.165, 1.54) is 24.4 Å². The van der Waals surface area contributed by atoms with Crippen molar-refractivity contribution in [1.29, 1.82) is 0 Å². The number of nitrogens with zero attached hydrogens (tertiary/aromatic N) is 1. The average Bonchev–Trinajstić information content (AvgIpc) is 2.65. The number of primary amides is 1. The van der Waals surface area contributed by atoms with Crippen molar-refractivity contribution >= 4 is 46.8 Å². The first-order chi connectivity index (χ1) is 12.9.